The summed E-state index contributed by atoms with van der Waals surface area (Å²) in [4.78, 5) is 11.9. The molecule has 0 fully saturated rings. The number of hydrogen-bond acceptors (Lipinski definition) is 3. The van der Waals surface area contributed by atoms with Crippen LogP contribution in [0.5, 0.6) is 5.75 Å². The summed E-state index contributed by atoms with van der Waals surface area (Å²) in [6.07, 6.45) is 0. The Labute approximate surface area is 139 Å². The third-order valence-corrected chi connectivity index (χ3v) is 3.35. The highest BCUT2D eigenvalue weighted by Gasteiger charge is 2.06. The minimum atomic E-state index is -0.203. The summed E-state index contributed by atoms with van der Waals surface area (Å²) in [7, 11) is 0. The Morgan fingerprint density at radius 3 is 2.73 bits per heavy atom. The SMILES string of the molecule is CCOc1cccc(NCC(=O)Nc2ccc(Cl)cc2Cl)c1. The third kappa shape index (κ3) is 4.83. The Morgan fingerprint density at radius 2 is 2.00 bits per heavy atom. The monoisotopic (exact) mass is 338 g/mol. The van der Waals surface area contributed by atoms with Crippen LogP contribution < -0.4 is 15.4 Å². The Balaban J connectivity index is 1.91. The van der Waals surface area contributed by atoms with E-state index in [1.165, 1.54) is 0 Å². The fourth-order valence-corrected chi connectivity index (χ4v) is 2.29. The molecule has 0 aromatic heterocycles. The molecule has 6 heteroatoms. The van der Waals surface area contributed by atoms with Gasteiger partial charge in [-0.25, -0.2) is 0 Å². The molecule has 4 nitrogen and oxygen atoms in total. The van der Waals surface area contributed by atoms with Gasteiger partial charge in [-0.15, -0.1) is 0 Å². The normalized spacial score (nSPS) is 10.1. The van der Waals surface area contributed by atoms with Crippen molar-refractivity contribution in [3.8, 4) is 5.75 Å². The number of carbonyl (C=O) groups is 1. The zero-order chi connectivity index (χ0) is 15.9. The lowest BCUT2D eigenvalue weighted by Gasteiger charge is -2.10. The first-order valence-corrected chi connectivity index (χ1v) is 7.55. The average Bonchev–Trinajstić information content (AvgIpc) is 2.49. The molecule has 0 bridgehead atoms. The van der Waals surface area contributed by atoms with Crippen molar-refractivity contribution in [2.24, 2.45) is 0 Å². The third-order valence-electron chi connectivity index (χ3n) is 2.80. The van der Waals surface area contributed by atoms with Crippen LogP contribution in [0.15, 0.2) is 42.5 Å². The molecule has 0 saturated heterocycles. The minimum absolute atomic E-state index is 0.120. The minimum Gasteiger partial charge on any atom is -0.494 e. The van der Waals surface area contributed by atoms with E-state index in [4.69, 9.17) is 27.9 Å². The second-order valence-corrected chi connectivity index (χ2v) is 5.33. The van der Waals surface area contributed by atoms with E-state index in [0.29, 0.717) is 22.3 Å². The van der Waals surface area contributed by atoms with Gasteiger partial charge in [0, 0.05) is 16.8 Å². The first-order valence-electron chi connectivity index (χ1n) is 6.80. The highest BCUT2D eigenvalue weighted by atomic mass is 35.5. The fraction of sp³-hybridized carbons (Fsp3) is 0.188. The molecule has 0 radical (unpaired) electrons. The zero-order valence-electron chi connectivity index (χ0n) is 12.0. The number of halogens is 2. The fourth-order valence-electron chi connectivity index (χ4n) is 1.83. The smallest absolute Gasteiger partial charge is 0.243 e. The van der Waals surface area contributed by atoms with Gasteiger partial charge in [0.25, 0.3) is 0 Å². The van der Waals surface area contributed by atoms with Crippen LogP contribution >= 0.6 is 23.2 Å². The van der Waals surface area contributed by atoms with E-state index in [9.17, 15) is 4.79 Å². The average molecular weight is 339 g/mol. The van der Waals surface area contributed by atoms with Crippen LogP contribution in [0, 0.1) is 0 Å². The van der Waals surface area contributed by atoms with Crippen LogP contribution in [0.2, 0.25) is 10.0 Å². The van der Waals surface area contributed by atoms with Crippen molar-refractivity contribution in [2.45, 2.75) is 6.92 Å². The highest BCUT2D eigenvalue weighted by Crippen LogP contribution is 2.25. The molecule has 116 valence electrons. The molecule has 0 spiro atoms. The molecule has 2 N–H and O–H groups in total. The summed E-state index contributed by atoms with van der Waals surface area (Å²) in [6.45, 7) is 2.64. The predicted molar refractivity (Wildman–Crippen MR) is 91.2 cm³/mol. The van der Waals surface area contributed by atoms with E-state index in [-0.39, 0.29) is 12.5 Å². The summed E-state index contributed by atoms with van der Waals surface area (Å²) >= 11 is 11.8. The molecule has 1 amide bonds. The van der Waals surface area contributed by atoms with Crippen LogP contribution in [-0.4, -0.2) is 19.1 Å². The Kier molecular flexibility index (Phi) is 5.92. The van der Waals surface area contributed by atoms with Gasteiger partial charge in [-0.1, -0.05) is 29.3 Å². The van der Waals surface area contributed by atoms with Crippen LogP contribution in [0.4, 0.5) is 11.4 Å². The molecule has 0 aliphatic rings. The number of rotatable bonds is 6. The standard InChI is InChI=1S/C16H16Cl2N2O2/c1-2-22-13-5-3-4-12(9-13)19-10-16(21)20-15-7-6-11(17)8-14(15)18/h3-9,19H,2,10H2,1H3,(H,20,21). The number of anilines is 2. The Bertz CT molecular complexity index is 662. The lowest BCUT2D eigenvalue weighted by atomic mass is 10.3. The van der Waals surface area contributed by atoms with Crippen LogP contribution in [0.1, 0.15) is 6.92 Å². The summed E-state index contributed by atoms with van der Waals surface area (Å²) in [5.41, 5.74) is 1.34. The van der Waals surface area contributed by atoms with Crippen LogP contribution in [0.3, 0.4) is 0 Å². The second kappa shape index (κ2) is 7.92. The van der Waals surface area contributed by atoms with Gasteiger partial charge in [0.2, 0.25) is 5.91 Å². The van der Waals surface area contributed by atoms with Gasteiger partial charge in [-0.05, 0) is 37.3 Å². The summed E-state index contributed by atoms with van der Waals surface area (Å²) in [5, 5.41) is 6.68. The molecule has 0 aliphatic heterocycles. The number of amides is 1. The van der Waals surface area contributed by atoms with E-state index in [2.05, 4.69) is 10.6 Å². The van der Waals surface area contributed by atoms with Gasteiger partial charge >= 0.3 is 0 Å². The zero-order valence-corrected chi connectivity index (χ0v) is 13.5. The number of ether oxygens (including phenoxy) is 1. The summed E-state index contributed by atoms with van der Waals surface area (Å²) < 4.78 is 5.41. The summed E-state index contributed by atoms with van der Waals surface area (Å²) in [5.74, 6) is 0.555. The van der Waals surface area contributed by atoms with Gasteiger partial charge < -0.3 is 15.4 Å². The van der Waals surface area contributed by atoms with Crippen molar-refractivity contribution >= 4 is 40.5 Å². The van der Waals surface area contributed by atoms with Crippen molar-refractivity contribution < 1.29 is 9.53 Å². The molecule has 0 aliphatic carbocycles. The molecule has 2 aromatic rings. The van der Waals surface area contributed by atoms with E-state index in [1.54, 1.807) is 18.2 Å². The van der Waals surface area contributed by atoms with Gasteiger partial charge in [0.1, 0.15) is 5.75 Å². The van der Waals surface area contributed by atoms with Gasteiger partial charge in [-0.2, -0.15) is 0 Å². The van der Waals surface area contributed by atoms with E-state index >= 15 is 0 Å². The molecule has 2 rings (SSSR count). The molecular formula is C16H16Cl2N2O2. The topological polar surface area (TPSA) is 50.4 Å². The maximum Gasteiger partial charge on any atom is 0.243 e. The molecule has 0 heterocycles. The van der Waals surface area contributed by atoms with Gasteiger partial charge in [0.15, 0.2) is 0 Å². The van der Waals surface area contributed by atoms with E-state index < -0.39 is 0 Å². The largest absolute Gasteiger partial charge is 0.494 e. The second-order valence-electron chi connectivity index (χ2n) is 4.49. The Hall–Kier alpha value is -1.91. The molecular weight excluding hydrogens is 323 g/mol. The maximum atomic E-state index is 11.9. The first-order chi connectivity index (χ1) is 10.6. The van der Waals surface area contributed by atoms with Crippen molar-refractivity contribution in [2.75, 3.05) is 23.8 Å². The van der Waals surface area contributed by atoms with Crippen molar-refractivity contribution in [1.29, 1.82) is 0 Å². The number of benzene rings is 2. The maximum absolute atomic E-state index is 11.9. The molecule has 22 heavy (non-hydrogen) atoms. The molecule has 0 unspecified atom stereocenters. The Morgan fingerprint density at radius 1 is 1.18 bits per heavy atom. The quantitative estimate of drug-likeness (QED) is 0.818. The van der Waals surface area contributed by atoms with Crippen LogP contribution in [0.25, 0.3) is 0 Å². The number of carbonyl (C=O) groups excluding carboxylic acids is 1. The molecule has 2 aromatic carbocycles. The lowest BCUT2D eigenvalue weighted by Crippen LogP contribution is -2.21. The number of hydrogen-bond donors (Lipinski definition) is 2. The first kappa shape index (κ1) is 16.5. The predicted octanol–water partition coefficient (Wildman–Crippen LogP) is 4.44. The van der Waals surface area contributed by atoms with Crippen LogP contribution in [-0.2, 0) is 4.79 Å². The molecule has 0 saturated carbocycles. The lowest BCUT2D eigenvalue weighted by molar-refractivity contribution is -0.114. The molecule has 0 atom stereocenters. The van der Waals surface area contributed by atoms with Gasteiger partial charge in [-0.3, -0.25) is 4.79 Å². The number of nitrogens with one attached hydrogen (secondary N) is 2. The van der Waals surface area contributed by atoms with E-state index in [1.807, 2.05) is 31.2 Å². The van der Waals surface area contributed by atoms with Crippen molar-refractivity contribution in [3.05, 3.63) is 52.5 Å². The van der Waals surface area contributed by atoms with E-state index in [0.717, 1.165) is 11.4 Å². The van der Waals surface area contributed by atoms with Crippen molar-refractivity contribution in [1.82, 2.24) is 0 Å². The van der Waals surface area contributed by atoms with Crippen molar-refractivity contribution in [3.63, 3.8) is 0 Å². The van der Waals surface area contributed by atoms with Gasteiger partial charge in [0.05, 0.1) is 23.9 Å². The summed E-state index contributed by atoms with van der Waals surface area (Å²) in [6, 6.07) is 12.3. The highest BCUT2D eigenvalue weighted by molar-refractivity contribution is 6.36.